The Balaban J connectivity index is 1.45. The second-order valence-electron chi connectivity index (χ2n) is 6.56. The van der Waals surface area contributed by atoms with Crippen LogP contribution >= 0.6 is 0 Å². The summed E-state index contributed by atoms with van der Waals surface area (Å²) in [5, 5.41) is 8.02. The van der Waals surface area contributed by atoms with Gasteiger partial charge < -0.3 is 10.1 Å². The predicted molar refractivity (Wildman–Crippen MR) is 105 cm³/mol. The second kappa shape index (κ2) is 9.20. The third kappa shape index (κ3) is 5.20. The highest BCUT2D eigenvalue weighted by Crippen LogP contribution is 2.19. The zero-order valence-electron chi connectivity index (χ0n) is 15.6. The number of rotatable bonds is 9. The van der Waals surface area contributed by atoms with E-state index in [0.29, 0.717) is 6.61 Å². The molecule has 136 valence electrons. The monoisotopic (exact) mass is 349 g/mol. The van der Waals surface area contributed by atoms with Crippen LogP contribution in [0.1, 0.15) is 28.9 Å². The summed E-state index contributed by atoms with van der Waals surface area (Å²) in [6, 6.07) is 20.6. The first-order valence-corrected chi connectivity index (χ1v) is 9.19. The van der Waals surface area contributed by atoms with Gasteiger partial charge in [-0.25, -0.2) is 0 Å². The van der Waals surface area contributed by atoms with Crippen molar-refractivity contribution in [3.8, 4) is 5.75 Å². The van der Waals surface area contributed by atoms with Crippen molar-refractivity contribution >= 4 is 0 Å². The summed E-state index contributed by atoms with van der Waals surface area (Å²) in [7, 11) is 0. The molecule has 26 heavy (non-hydrogen) atoms. The summed E-state index contributed by atoms with van der Waals surface area (Å²) < 4.78 is 8.09. The number of hydrogen-bond donors (Lipinski definition) is 1. The lowest BCUT2D eigenvalue weighted by atomic mass is 10.2. The Morgan fingerprint density at radius 1 is 1.00 bits per heavy atom. The standard InChI is InChI=1S/C22H27N3O/c1-18-15-19(2)25(24-18)14-8-13-23-16-21-11-6-7-12-22(21)26-17-20-9-4-3-5-10-20/h3-7,9-12,15,23H,8,13-14,16-17H2,1-2H3. The van der Waals surface area contributed by atoms with Gasteiger partial charge >= 0.3 is 0 Å². The largest absolute Gasteiger partial charge is 0.489 e. The van der Waals surface area contributed by atoms with E-state index >= 15 is 0 Å². The highest BCUT2D eigenvalue weighted by Gasteiger charge is 2.04. The van der Waals surface area contributed by atoms with Crippen LogP contribution in [0.3, 0.4) is 0 Å². The van der Waals surface area contributed by atoms with E-state index < -0.39 is 0 Å². The summed E-state index contributed by atoms with van der Waals surface area (Å²) in [4.78, 5) is 0. The summed E-state index contributed by atoms with van der Waals surface area (Å²) in [5.74, 6) is 0.947. The molecule has 4 nitrogen and oxygen atoms in total. The van der Waals surface area contributed by atoms with Gasteiger partial charge in [0.15, 0.2) is 0 Å². The predicted octanol–water partition coefficient (Wildman–Crippen LogP) is 4.26. The van der Waals surface area contributed by atoms with Gasteiger partial charge in [-0.05, 0) is 44.5 Å². The van der Waals surface area contributed by atoms with Gasteiger partial charge in [-0.3, -0.25) is 4.68 Å². The van der Waals surface area contributed by atoms with Crippen molar-refractivity contribution in [2.75, 3.05) is 6.54 Å². The maximum atomic E-state index is 6.01. The zero-order chi connectivity index (χ0) is 18.2. The molecule has 0 aliphatic carbocycles. The molecule has 0 aliphatic rings. The zero-order valence-corrected chi connectivity index (χ0v) is 15.6. The molecule has 0 bridgehead atoms. The minimum atomic E-state index is 0.593. The van der Waals surface area contributed by atoms with E-state index in [4.69, 9.17) is 4.74 Å². The summed E-state index contributed by atoms with van der Waals surface area (Å²) in [6.07, 6.45) is 1.05. The van der Waals surface area contributed by atoms with Gasteiger partial charge in [-0.2, -0.15) is 5.10 Å². The minimum Gasteiger partial charge on any atom is -0.489 e. The molecular formula is C22H27N3O. The van der Waals surface area contributed by atoms with E-state index in [1.165, 1.54) is 16.8 Å². The molecule has 1 aromatic heterocycles. The molecule has 0 saturated heterocycles. The SMILES string of the molecule is Cc1cc(C)n(CCCNCc2ccccc2OCc2ccccc2)n1. The summed E-state index contributed by atoms with van der Waals surface area (Å²) >= 11 is 0. The van der Waals surface area contributed by atoms with Gasteiger partial charge in [0.2, 0.25) is 0 Å². The van der Waals surface area contributed by atoms with Crippen LogP contribution in [0.15, 0.2) is 60.7 Å². The van der Waals surface area contributed by atoms with E-state index in [-0.39, 0.29) is 0 Å². The number of nitrogens with zero attached hydrogens (tertiary/aromatic N) is 2. The molecule has 3 rings (SSSR count). The lowest BCUT2D eigenvalue weighted by Crippen LogP contribution is -2.17. The van der Waals surface area contributed by atoms with E-state index in [2.05, 4.69) is 52.4 Å². The Labute approximate surface area is 155 Å². The van der Waals surface area contributed by atoms with Gasteiger partial charge in [-0.1, -0.05) is 48.5 Å². The second-order valence-corrected chi connectivity index (χ2v) is 6.56. The number of nitrogens with one attached hydrogen (secondary N) is 1. The van der Waals surface area contributed by atoms with Crippen LogP contribution in [0, 0.1) is 13.8 Å². The van der Waals surface area contributed by atoms with Crippen molar-refractivity contribution in [3.05, 3.63) is 83.2 Å². The molecule has 0 aliphatic heterocycles. The molecule has 0 radical (unpaired) electrons. The van der Waals surface area contributed by atoms with Crippen LogP contribution in [0.4, 0.5) is 0 Å². The van der Waals surface area contributed by atoms with Crippen molar-refractivity contribution in [3.63, 3.8) is 0 Å². The number of benzene rings is 2. The Hall–Kier alpha value is -2.59. The van der Waals surface area contributed by atoms with E-state index in [9.17, 15) is 0 Å². The van der Waals surface area contributed by atoms with Crippen molar-refractivity contribution in [1.82, 2.24) is 15.1 Å². The fourth-order valence-corrected chi connectivity index (χ4v) is 3.00. The van der Waals surface area contributed by atoms with Crippen LogP contribution in [-0.2, 0) is 19.7 Å². The minimum absolute atomic E-state index is 0.593. The topological polar surface area (TPSA) is 39.1 Å². The number of para-hydroxylation sites is 1. The number of hydrogen-bond acceptors (Lipinski definition) is 3. The number of aromatic nitrogens is 2. The number of ether oxygens (including phenoxy) is 1. The molecule has 1 N–H and O–H groups in total. The Morgan fingerprint density at radius 3 is 2.54 bits per heavy atom. The first-order chi connectivity index (χ1) is 12.7. The molecule has 0 spiro atoms. The van der Waals surface area contributed by atoms with Crippen LogP contribution in [0.5, 0.6) is 5.75 Å². The summed E-state index contributed by atoms with van der Waals surface area (Å²) in [6.45, 7) is 7.43. The fourth-order valence-electron chi connectivity index (χ4n) is 3.00. The normalized spacial score (nSPS) is 10.8. The summed E-state index contributed by atoms with van der Waals surface area (Å²) in [5.41, 5.74) is 4.68. The Morgan fingerprint density at radius 2 is 1.77 bits per heavy atom. The molecule has 0 unspecified atom stereocenters. The van der Waals surface area contributed by atoms with Gasteiger partial charge in [-0.15, -0.1) is 0 Å². The molecule has 0 atom stereocenters. The lowest BCUT2D eigenvalue weighted by Gasteiger charge is -2.12. The average molecular weight is 349 g/mol. The molecular weight excluding hydrogens is 322 g/mol. The fraction of sp³-hybridized carbons (Fsp3) is 0.318. The van der Waals surface area contributed by atoms with Crippen LogP contribution in [-0.4, -0.2) is 16.3 Å². The molecule has 2 aromatic carbocycles. The Kier molecular flexibility index (Phi) is 6.45. The maximum absolute atomic E-state index is 6.01. The average Bonchev–Trinajstić information content (AvgIpc) is 2.98. The molecule has 1 heterocycles. The van der Waals surface area contributed by atoms with E-state index in [0.717, 1.165) is 37.5 Å². The maximum Gasteiger partial charge on any atom is 0.124 e. The first kappa shape index (κ1) is 18.2. The third-order valence-electron chi connectivity index (χ3n) is 4.35. The van der Waals surface area contributed by atoms with Crippen molar-refractivity contribution in [1.29, 1.82) is 0 Å². The van der Waals surface area contributed by atoms with Crippen LogP contribution in [0.25, 0.3) is 0 Å². The van der Waals surface area contributed by atoms with Gasteiger partial charge in [0.05, 0.1) is 5.69 Å². The van der Waals surface area contributed by atoms with Crippen LogP contribution < -0.4 is 10.1 Å². The Bertz CT molecular complexity index is 811. The smallest absolute Gasteiger partial charge is 0.124 e. The third-order valence-corrected chi connectivity index (χ3v) is 4.35. The highest BCUT2D eigenvalue weighted by molar-refractivity contribution is 5.33. The molecule has 3 aromatic rings. The first-order valence-electron chi connectivity index (χ1n) is 9.19. The number of aryl methyl sites for hydroxylation is 3. The lowest BCUT2D eigenvalue weighted by molar-refractivity contribution is 0.302. The van der Waals surface area contributed by atoms with Gasteiger partial charge in [0.25, 0.3) is 0 Å². The molecule has 4 heteroatoms. The molecule has 0 saturated carbocycles. The van der Waals surface area contributed by atoms with E-state index in [1.54, 1.807) is 0 Å². The van der Waals surface area contributed by atoms with Crippen molar-refractivity contribution in [2.24, 2.45) is 0 Å². The molecule has 0 amide bonds. The van der Waals surface area contributed by atoms with Gasteiger partial charge in [0, 0.05) is 24.3 Å². The van der Waals surface area contributed by atoms with Crippen LogP contribution in [0.2, 0.25) is 0 Å². The van der Waals surface area contributed by atoms with Crippen molar-refractivity contribution < 1.29 is 4.74 Å². The molecule has 0 fully saturated rings. The highest BCUT2D eigenvalue weighted by atomic mass is 16.5. The van der Waals surface area contributed by atoms with Gasteiger partial charge in [0.1, 0.15) is 12.4 Å². The van der Waals surface area contributed by atoms with E-state index in [1.807, 2.05) is 37.3 Å². The quantitative estimate of drug-likeness (QED) is 0.587. The van der Waals surface area contributed by atoms with Crippen molar-refractivity contribution in [2.45, 2.75) is 40.0 Å².